The van der Waals surface area contributed by atoms with Crippen LogP contribution in [-0.4, -0.2) is 136 Å². The normalized spacial score (nSPS) is 31.6. The van der Waals surface area contributed by atoms with Gasteiger partial charge in [0.2, 0.25) is 0 Å². The number of nitrogen functional groups attached to an aromatic ring is 1. The van der Waals surface area contributed by atoms with Gasteiger partial charge in [-0.05, 0) is 28.7 Å². The fourth-order valence-electron chi connectivity index (χ4n) is 4.75. The third kappa shape index (κ3) is 7.24. The summed E-state index contributed by atoms with van der Waals surface area (Å²) in [5, 5.41) is 20.8. The van der Waals surface area contributed by atoms with E-state index in [-0.39, 0.29) is 40.5 Å². The van der Waals surface area contributed by atoms with Crippen LogP contribution >= 0.6 is 22.6 Å². The molecule has 39 heavy (non-hydrogen) atoms. The maximum absolute atomic E-state index is 13.2. The van der Waals surface area contributed by atoms with Gasteiger partial charge < -0.3 is 39.6 Å². The van der Waals surface area contributed by atoms with Crippen molar-refractivity contribution in [3.05, 3.63) is 22.7 Å². The molecule has 4 rings (SSSR count). The molecular weight excluding hydrogens is 633 g/mol. The Morgan fingerprint density at radius 2 is 1.92 bits per heavy atom. The molecule has 0 bridgehead atoms. The van der Waals surface area contributed by atoms with Crippen LogP contribution in [0.5, 0.6) is 0 Å². The monoisotopic (exact) mass is 668 g/mol. The van der Waals surface area contributed by atoms with E-state index < -0.39 is 42.3 Å². The number of anilines is 1. The van der Waals surface area contributed by atoms with E-state index >= 15 is 0 Å². The number of carbonyl (C=O) groups excluding carboxylic acids is 2. The van der Waals surface area contributed by atoms with E-state index in [1.165, 1.54) is 12.3 Å². The lowest BCUT2D eigenvalue weighted by atomic mass is 10.1. The first-order chi connectivity index (χ1) is 18.7. The highest BCUT2D eigenvalue weighted by molar-refractivity contribution is 14.1. The Balaban J connectivity index is 1.29. The molecule has 4 N–H and O–H groups in total. The smallest absolute Gasteiger partial charge is 0.460 e. The maximum atomic E-state index is 13.2. The van der Waals surface area contributed by atoms with E-state index in [1.807, 2.05) is 0 Å². The first-order valence-corrected chi connectivity index (χ1v) is 14.0. The number of halogens is 1. The molecule has 0 aromatic carbocycles. The molecule has 3 saturated heterocycles. The molecule has 0 saturated carbocycles. The predicted octanol–water partition coefficient (Wildman–Crippen LogP) is -1.55. The number of nitrogens with zero attached hydrogens (tertiary/aromatic N) is 4. The van der Waals surface area contributed by atoms with Crippen molar-refractivity contribution >= 4 is 40.5 Å². The van der Waals surface area contributed by atoms with Gasteiger partial charge in [0, 0.05) is 25.8 Å². The highest BCUT2D eigenvalue weighted by Gasteiger charge is 2.48. The molecule has 218 valence electrons. The van der Waals surface area contributed by atoms with Crippen molar-refractivity contribution in [1.82, 2.24) is 14.5 Å². The number of esters is 1. The molecule has 1 aromatic heterocycles. The largest absolute Gasteiger partial charge is 0.517 e. The van der Waals surface area contributed by atoms with Crippen LogP contribution in [0.25, 0.3) is 0 Å². The number of carbonyl (C=O) groups is 2. The van der Waals surface area contributed by atoms with Crippen molar-refractivity contribution in [3.8, 4) is 0 Å². The summed E-state index contributed by atoms with van der Waals surface area (Å²) in [6, 6.07) is 1.35. The molecule has 3 aliphatic heterocycles. The van der Waals surface area contributed by atoms with Crippen molar-refractivity contribution in [1.29, 1.82) is 0 Å². The van der Waals surface area contributed by atoms with Gasteiger partial charge in [-0.3, -0.25) is 14.3 Å². The number of nitrogens with two attached hydrogens (primary N) is 1. The minimum absolute atomic E-state index is 0.000147. The SMILES string of the molecule is Nc1ccn([C@@H]2O[C@H](CC(=O)OCC[N+]3(C(=O)OCCN4CCOCC4)CCOCC3I)[C@@H](O)[C@H]2O)c(=O)n1. The summed E-state index contributed by atoms with van der Waals surface area (Å²) in [5.41, 5.74) is 4.73. The van der Waals surface area contributed by atoms with Crippen LogP contribution < -0.4 is 11.4 Å². The number of aromatic nitrogens is 2. The molecule has 4 heterocycles. The van der Waals surface area contributed by atoms with Crippen molar-refractivity contribution in [2.75, 3.05) is 78.1 Å². The zero-order chi connectivity index (χ0) is 28.0. The van der Waals surface area contributed by atoms with Crippen LogP contribution in [0.2, 0.25) is 0 Å². The summed E-state index contributed by atoms with van der Waals surface area (Å²) in [4.78, 5) is 43.7. The van der Waals surface area contributed by atoms with Crippen LogP contribution in [0.15, 0.2) is 17.1 Å². The fourth-order valence-corrected chi connectivity index (χ4v) is 5.79. The number of hydrogen-bond acceptors (Lipinski definition) is 13. The Morgan fingerprint density at radius 3 is 2.64 bits per heavy atom. The molecule has 15 nitrogen and oxygen atoms in total. The quantitative estimate of drug-likeness (QED) is 0.0905. The predicted molar refractivity (Wildman–Crippen MR) is 142 cm³/mol. The first-order valence-electron chi connectivity index (χ1n) is 12.8. The Kier molecular flexibility index (Phi) is 10.5. The number of aliphatic hydroxyl groups is 2. The molecule has 2 unspecified atom stereocenters. The fraction of sp³-hybridized carbons (Fsp3) is 0.739. The summed E-state index contributed by atoms with van der Waals surface area (Å²) in [6.07, 6.45) is -4.75. The molecule has 0 radical (unpaired) electrons. The molecule has 1 aromatic rings. The topological polar surface area (TPSA) is 185 Å². The number of morpholine rings is 2. The summed E-state index contributed by atoms with van der Waals surface area (Å²) in [5.74, 6) is -0.688. The van der Waals surface area contributed by atoms with E-state index in [0.717, 1.165) is 17.7 Å². The molecule has 3 fully saturated rings. The van der Waals surface area contributed by atoms with Crippen molar-refractivity contribution in [2.45, 2.75) is 35.0 Å². The molecule has 0 spiro atoms. The summed E-state index contributed by atoms with van der Waals surface area (Å²) in [7, 11) is 0. The molecular formula is C23H35IN5O10+. The Bertz CT molecular complexity index is 1060. The van der Waals surface area contributed by atoms with Gasteiger partial charge >= 0.3 is 17.8 Å². The highest BCUT2D eigenvalue weighted by Crippen LogP contribution is 2.30. The number of ether oxygens (including phenoxy) is 5. The van der Waals surface area contributed by atoms with Gasteiger partial charge in [-0.15, -0.1) is 0 Å². The zero-order valence-electron chi connectivity index (χ0n) is 21.4. The van der Waals surface area contributed by atoms with E-state index in [4.69, 9.17) is 29.4 Å². The summed E-state index contributed by atoms with van der Waals surface area (Å²) >= 11 is 2.15. The third-order valence-corrected chi connectivity index (χ3v) is 8.54. The van der Waals surface area contributed by atoms with Crippen molar-refractivity contribution < 1.29 is 48.0 Å². The second-order valence-corrected chi connectivity index (χ2v) is 11.0. The number of alkyl halides is 1. The van der Waals surface area contributed by atoms with Gasteiger partial charge in [-0.25, -0.2) is 9.28 Å². The van der Waals surface area contributed by atoms with Gasteiger partial charge in [0.15, 0.2) is 10.3 Å². The molecule has 6 atom stereocenters. The average Bonchev–Trinajstić information content (AvgIpc) is 3.18. The Hall–Kier alpha value is -1.93. The van der Waals surface area contributed by atoms with Crippen LogP contribution in [-0.2, 0) is 28.5 Å². The van der Waals surface area contributed by atoms with Crippen LogP contribution in [0, 0.1) is 0 Å². The molecule has 0 aliphatic carbocycles. The van der Waals surface area contributed by atoms with E-state index in [2.05, 4.69) is 32.5 Å². The summed E-state index contributed by atoms with van der Waals surface area (Å²) in [6.45, 7) is 4.97. The van der Waals surface area contributed by atoms with Crippen LogP contribution in [0.3, 0.4) is 0 Å². The van der Waals surface area contributed by atoms with Crippen molar-refractivity contribution in [2.24, 2.45) is 0 Å². The van der Waals surface area contributed by atoms with Gasteiger partial charge in [0.05, 0.1) is 32.3 Å². The standard InChI is InChI=1S/C23H34IN5O10/c24-16-14-36-11-6-29(16,23(34)38-10-5-27-3-8-35-9-4-27)7-12-37-18(30)13-15-19(31)20(32)21(39-15)28-2-1-17(25)26-22(28)33/h1-2,15-16,19-21,31-32H,3-14H2,(H-,25,26,33)/p+1/t15-,16?,19-,20-,21-,29?/m1/s1. The average molecular weight is 668 g/mol. The number of aliphatic hydroxyl groups excluding tert-OH is 2. The van der Waals surface area contributed by atoms with E-state index in [1.54, 1.807) is 0 Å². The maximum Gasteiger partial charge on any atom is 0.517 e. The van der Waals surface area contributed by atoms with Gasteiger partial charge in [-0.2, -0.15) is 9.78 Å². The van der Waals surface area contributed by atoms with E-state index in [9.17, 15) is 24.6 Å². The van der Waals surface area contributed by atoms with Crippen molar-refractivity contribution in [3.63, 3.8) is 0 Å². The zero-order valence-corrected chi connectivity index (χ0v) is 23.6. The summed E-state index contributed by atoms with van der Waals surface area (Å²) < 4.78 is 28.2. The lowest BCUT2D eigenvalue weighted by molar-refractivity contribution is -0.872. The van der Waals surface area contributed by atoms with Gasteiger partial charge in [0.25, 0.3) is 0 Å². The number of hydrogen-bond donors (Lipinski definition) is 3. The van der Waals surface area contributed by atoms with Gasteiger partial charge in [0.1, 0.15) is 50.9 Å². The molecule has 1 amide bonds. The lowest BCUT2D eigenvalue weighted by Gasteiger charge is -2.40. The van der Waals surface area contributed by atoms with Gasteiger partial charge in [-0.1, -0.05) is 0 Å². The number of rotatable bonds is 9. The number of quaternary nitrogens is 1. The Labute approximate surface area is 238 Å². The lowest BCUT2D eigenvalue weighted by Crippen LogP contribution is -2.64. The second-order valence-electron chi connectivity index (χ2n) is 9.57. The first kappa shape index (κ1) is 30.0. The number of amides is 1. The molecule has 3 aliphatic rings. The van der Waals surface area contributed by atoms with E-state index in [0.29, 0.717) is 39.5 Å². The molecule has 16 heteroatoms. The minimum atomic E-state index is -1.47. The Morgan fingerprint density at radius 1 is 1.15 bits per heavy atom. The minimum Gasteiger partial charge on any atom is -0.460 e. The van der Waals surface area contributed by atoms with Crippen LogP contribution in [0.4, 0.5) is 10.6 Å². The van der Waals surface area contributed by atoms with Crippen LogP contribution in [0.1, 0.15) is 12.6 Å². The third-order valence-electron chi connectivity index (χ3n) is 7.11. The highest BCUT2D eigenvalue weighted by atomic mass is 127. The second kappa shape index (κ2) is 13.6.